The molecule has 0 atom stereocenters. The molecule has 0 unspecified atom stereocenters. The van der Waals surface area contributed by atoms with Crippen molar-refractivity contribution in [3.05, 3.63) is 4.80 Å². The van der Waals surface area contributed by atoms with E-state index < -0.39 is 10.0 Å². The van der Waals surface area contributed by atoms with Crippen LogP contribution in [0.3, 0.4) is 0 Å². The second-order valence-corrected chi connectivity index (χ2v) is 5.38. The molecule has 0 saturated heterocycles. The summed E-state index contributed by atoms with van der Waals surface area (Å²) in [6.45, 7) is 0. The predicted octanol–water partition coefficient (Wildman–Crippen LogP) is -1.73. The van der Waals surface area contributed by atoms with Crippen molar-refractivity contribution in [3.63, 3.8) is 0 Å². The molecule has 0 bridgehead atoms. The van der Waals surface area contributed by atoms with Gasteiger partial charge < -0.3 is 5.73 Å². The first-order valence-corrected chi connectivity index (χ1v) is 5.99. The van der Waals surface area contributed by atoms with Crippen molar-refractivity contribution in [1.82, 2.24) is 9.78 Å². The van der Waals surface area contributed by atoms with Crippen molar-refractivity contribution < 1.29 is 8.42 Å². The molecule has 0 aromatic carbocycles. The zero-order chi connectivity index (χ0) is 10.9. The van der Waals surface area contributed by atoms with Gasteiger partial charge in [-0.1, -0.05) is 11.3 Å². The molecule has 0 aliphatic rings. The SMILES string of the molecule is Cn1nc(S(N)(=O)=O)s/c1=N/C(N)=S. The van der Waals surface area contributed by atoms with Crippen LogP contribution < -0.4 is 15.7 Å². The van der Waals surface area contributed by atoms with E-state index in [1.807, 2.05) is 0 Å². The Kier molecular flexibility index (Phi) is 2.99. The van der Waals surface area contributed by atoms with E-state index in [0.29, 0.717) is 0 Å². The monoisotopic (exact) mass is 253 g/mol. The number of aryl methyl sites for hydroxylation is 1. The van der Waals surface area contributed by atoms with E-state index in [4.69, 9.17) is 10.9 Å². The Balaban J connectivity index is 3.40. The molecule has 14 heavy (non-hydrogen) atoms. The van der Waals surface area contributed by atoms with Gasteiger partial charge in [-0.05, 0) is 12.2 Å². The molecule has 78 valence electrons. The van der Waals surface area contributed by atoms with E-state index in [2.05, 4.69) is 22.3 Å². The van der Waals surface area contributed by atoms with Crippen molar-refractivity contribution in [2.24, 2.45) is 22.9 Å². The third-order valence-electron chi connectivity index (χ3n) is 1.14. The van der Waals surface area contributed by atoms with E-state index in [9.17, 15) is 8.42 Å². The summed E-state index contributed by atoms with van der Waals surface area (Å²) in [7, 11) is -2.28. The Morgan fingerprint density at radius 2 is 2.29 bits per heavy atom. The average molecular weight is 253 g/mol. The lowest BCUT2D eigenvalue weighted by molar-refractivity contribution is 0.590. The summed E-state index contributed by atoms with van der Waals surface area (Å²) < 4.78 is 22.8. The van der Waals surface area contributed by atoms with Gasteiger partial charge in [0.1, 0.15) is 0 Å². The maximum Gasteiger partial charge on any atom is 0.267 e. The molecule has 0 radical (unpaired) electrons. The summed E-state index contributed by atoms with van der Waals surface area (Å²) in [6, 6.07) is 0. The third-order valence-corrected chi connectivity index (χ3v) is 3.54. The molecular formula is C4H7N5O2S3. The van der Waals surface area contributed by atoms with Gasteiger partial charge in [-0.15, -0.1) is 5.10 Å². The van der Waals surface area contributed by atoms with Crippen LogP contribution in [0.5, 0.6) is 0 Å². The molecule has 4 N–H and O–H groups in total. The lowest BCUT2D eigenvalue weighted by atomic mass is 11.1. The number of hydrogen-bond donors (Lipinski definition) is 2. The lowest BCUT2D eigenvalue weighted by Crippen LogP contribution is -2.17. The topological polar surface area (TPSA) is 116 Å². The Hall–Kier alpha value is -0.840. The van der Waals surface area contributed by atoms with Crippen LogP contribution in [-0.2, 0) is 17.1 Å². The highest BCUT2D eigenvalue weighted by Crippen LogP contribution is 2.03. The highest BCUT2D eigenvalue weighted by Gasteiger charge is 2.13. The van der Waals surface area contributed by atoms with Crippen LogP contribution >= 0.6 is 23.6 Å². The molecule has 10 heteroatoms. The number of thiocarbonyl (C=S) groups is 1. The molecule has 0 saturated carbocycles. The van der Waals surface area contributed by atoms with Crippen molar-refractivity contribution in [3.8, 4) is 0 Å². The van der Waals surface area contributed by atoms with E-state index in [1.165, 1.54) is 11.7 Å². The second-order valence-electron chi connectivity index (χ2n) is 2.27. The first kappa shape index (κ1) is 11.2. The summed E-state index contributed by atoms with van der Waals surface area (Å²) in [5.74, 6) is 0. The van der Waals surface area contributed by atoms with E-state index >= 15 is 0 Å². The average Bonchev–Trinajstić information content (AvgIpc) is 2.30. The van der Waals surface area contributed by atoms with Gasteiger partial charge >= 0.3 is 0 Å². The Labute approximate surface area is 89.1 Å². The number of hydrogen-bond acceptors (Lipinski definition) is 5. The normalized spacial score (nSPS) is 13.1. The van der Waals surface area contributed by atoms with Crippen LogP contribution in [0.1, 0.15) is 0 Å². The Bertz CT molecular complexity index is 523. The van der Waals surface area contributed by atoms with Crippen LogP contribution in [0.2, 0.25) is 0 Å². The fourth-order valence-corrected chi connectivity index (χ4v) is 2.34. The predicted molar refractivity (Wildman–Crippen MR) is 54.8 cm³/mol. The highest BCUT2D eigenvalue weighted by atomic mass is 32.2. The van der Waals surface area contributed by atoms with Crippen molar-refractivity contribution in [2.45, 2.75) is 4.34 Å². The lowest BCUT2D eigenvalue weighted by Gasteiger charge is -1.86. The Morgan fingerprint density at radius 1 is 1.71 bits per heavy atom. The molecule has 1 aromatic heterocycles. The number of primary sulfonamides is 1. The fraction of sp³-hybridized carbons (Fsp3) is 0.250. The smallest absolute Gasteiger partial charge is 0.267 e. The highest BCUT2D eigenvalue weighted by molar-refractivity contribution is 7.91. The third kappa shape index (κ3) is 2.57. The maximum atomic E-state index is 10.9. The number of aromatic nitrogens is 2. The van der Waals surface area contributed by atoms with Gasteiger partial charge in [0.05, 0.1) is 0 Å². The first-order valence-electron chi connectivity index (χ1n) is 3.22. The van der Waals surface area contributed by atoms with Crippen LogP contribution in [0.15, 0.2) is 9.33 Å². The van der Waals surface area contributed by atoms with Gasteiger partial charge in [0.15, 0.2) is 5.11 Å². The second kappa shape index (κ2) is 3.73. The first-order chi connectivity index (χ1) is 6.30. The van der Waals surface area contributed by atoms with Crippen molar-refractivity contribution >= 4 is 38.7 Å². The summed E-state index contributed by atoms with van der Waals surface area (Å²) in [5.41, 5.74) is 5.16. The van der Waals surface area contributed by atoms with Gasteiger partial charge in [0, 0.05) is 7.05 Å². The number of nitrogens with zero attached hydrogens (tertiary/aromatic N) is 3. The molecule has 1 rings (SSSR count). The van der Waals surface area contributed by atoms with Gasteiger partial charge in [-0.25, -0.2) is 18.2 Å². The van der Waals surface area contributed by atoms with Crippen LogP contribution in [0.25, 0.3) is 0 Å². The molecule has 0 amide bonds. The van der Waals surface area contributed by atoms with Gasteiger partial charge in [-0.3, -0.25) is 0 Å². The zero-order valence-corrected chi connectivity index (χ0v) is 9.49. The quantitative estimate of drug-likeness (QED) is 0.577. The van der Waals surface area contributed by atoms with E-state index in [-0.39, 0.29) is 14.3 Å². The van der Waals surface area contributed by atoms with Gasteiger partial charge in [0.2, 0.25) is 9.14 Å². The van der Waals surface area contributed by atoms with Gasteiger partial charge in [0.25, 0.3) is 10.0 Å². The van der Waals surface area contributed by atoms with Crippen molar-refractivity contribution in [1.29, 1.82) is 0 Å². The van der Waals surface area contributed by atoms with Crippen LogP contribution in [0.4, 0.5) is 0 Å². The van der Waals surface area contributed by atoms with E-state index in [1.54, 1.807) is 0 Å². The van der Waals surface area contributed by atoms with Crippen LogP contribution in [-0.4, -0.2) is 23.3 Å². The number of sulfonamides is 1. The fourth-order valence-electron chi connectivity index (χ4n) is 0.634. The minimum Gasteiger partial charge on any atom is -0.374 e. The van der Waals surface area contributed by atoms with Crippen LogP contribution in [0, 0.1) is 0 Å². The summed E-state index contributed by atoms with van der Waals surface area (Å²) in [4.78, 5) is 3.98. The Morgan fingerprint density at radius 3 is 2.64 bits per heavy atom. The summed E-state index contributed by atoms with van der Waals surface area (Å²) in [5, 5.41) is 8.43. The van der Waals surface area contributed by atoms with Crippen molar-refractivity contribution in [2.75, 3.05) is 0 Å². The minimum atomic E-state index is -3.80. The molecule has 1 aromatic rings. The van der Waals surface area contributed by atoms with E-state index in [0.717, 1.165) is 11.3 Å². The summed E-state index contributed by atoms with van der Waals surface area (Å²) in [6.07, 6.45) is 0. The molecule has 0 aliphatic heterocycles. The number of nitrogens with two attached hydrogens (primary N) is 2. The molecule has 7 nitrogen and oxygen atoms in total. The molecule has 1 heterocycles. The molecular weight excluding hydrogens is 246 g/mol. The van der Waals surface area contributed by atoms with Gasteiger partial charge in [-0.2, -0.15) is 4.99 Å². The molecule has 0 spiro atoms. The maximum absolute atomic E-state index is 10.9. The number of rotatable bonds is 1. The zero-order valence-electron chi connectivity index (χ0n) is 7.04. The largest absolute Gasteiger partial charge is 0.374 e. The molecule has 0 aliphatic carbocycles. The summed E-state index contributed by atoms with van der Waals surface area (Å²) >= 11 is 5.34. The standard InChI is InChI=1S/C4H7N5O2S3/c1-9-3(7-2(5)12)13-4(8-9)14(6,10)11/h1H3,(H2,5,12)(H2,6,10,11)/b7-3+. The minimum absolute atomic E-state index is 0.0924. The molecule has 0 fully saturated rings.